The molecule has 1 rings (SSSR count). The van der Waals surface area contributed by atoms with Crippen molar-refractivity contribution in [3.63, 3.8) is 0 Å². The molecule has 1 aliphatic rings. The lowest BCUT2D eigenvalue weighted by molar-refractivity contribution is -0.141. The minimum absolute atomic E-state index is 0.0339. The van der Waals surface area contributed by atoms with E-state index in [1.807, 2.05) is 0 Å². The van der Waals surface area contributed by atoms with Gasteiger partial charge in [0, 0.05) is 12.8 Å². The first kappa shape index (κ1) is 9.77. The lowest BCUT2D eigenvalue weighted by Gasteiger charge is -2.05. The third-order valence-corrected chi connectivity index (χ3v) is 2.00. The van der Waals surface area contributed by atoms with E-state index in [4.69, 9.17) is 16.4 Å². The molecule has 70 valence electrons. The molecule has 0 radical (unpaired) electrons. The molecule has 0 amide bonds. The van der Waals surface area contributed by atoms with Gasteiger partial charge in [-0.15, -0.1) is 11.6 Å². The molecule has 1 fully saturated rings. The molecule has 1 saturated heterocycles. The van der Waals surface area contributed by atoms with Crippen molar-refractivity contribution in [3.05, 3.63) is 0 Å². The van der Waals surface area contributed by atoms with Crippen molar-refractivity contribution in [2.75, 3.05) is 7.11 Å². The van der Waals surface area contributed by atoms with Crippen LogP contribution in [0, 0.1) is 0 Å². The molecule has 0 aromatic heterocycles. The van der Waals surface area contributed by atoms with Crippen LogP contribution in [0.2, 0.25) is 0 Å². The van der Waals surface area contributed by atoms with Gasteiger partial charge < -0.3 is 4.74 Å². The third kappa shape index (κ3) is 2.97. The highest BCUT2D eigenvalue weighted by molar-refractivity contribution is 6.20. The number of methoxy groups -OCH3 is 1. The maximum Gasteiger partial charge on any atom is 0.305 e. The fraction of sp³-hybridized carbons (Fsp3) is 0.857. The molecule has 0 aliphatic carbocycles. The summed E-state index contributed by atoms with van der Waals surface area (Å²) in [4.78, 5) is 15.8. The van der Waals surface area contributed by atoms with Crippen LogP contribution in [0.25, 0.3) is 0 Å². The second-order valence-electron chi connectivity index (χ2n) is 2.68. The van der Waals surface area contributed by atoms with Gasteiger partial charge in [-0.2, -0.15) is 5.48 Å². The molecule has 2 unspecified atom stereocenters. The average molecular weight is 194 g/mol. The van der Waals surface area contributed by atoms with Crippen molar-refractivity contribution in [1.29, 1.82) is 0 Å². The van der Waals surface area contributed by atoms with Crippen LogP contribution in [0.3, 0.4) is 0 Å². The molecular weight excluding hydrogens is 182 g/mol. The number of carbonyl (C=O) groups excluding carboxylic acids is 1. The summed E-state index contributed by atoms with van der Waals surface area (Å²) in [7, 11) is 1.38. The zero-order valence-electron chi connectivity index (χ0n) is 6.88. The van der Waals surface area contributed by atoms with Crippen molar-refractivity contribution < 1.29 is 14.4 Å². The van der Waals surface area contributed by atoms with E-state index >= 15 is 0 Å². The number of carbonyl (C=O) groups is 1. The number of hydroxylamine groups is 1. The molecular formula is C7H12ClNO3. The van der Waals surface area contributed by atoms with E-state index in [9.17, 15) is 4.79 Å². The first-order chi connectivity index (χ1) is 5.72. The second kappa shape index (κ2) is 4.64. The minimum atomic E-state index is -0.211. The van der Waals surface area contributed by atoms with E-state index < -0.39 is 0 Å². The Balaban J connectivity index is 2.11. The first-order valence-corrected chi connectivity index (χ1v) is 4.28. The van der Waals surface area contributed by atoms with Gasteiger partial charge in [0.2, 0.25) is 0 Å². The summed E-state index contributed by atoms with van der Waals surface area (Å²) in [6.07, 6.45) is 1.81. The molecule has 4 nitrogen and oxygen atoms in total. The predicted octanol–water partition coefficient (Wildman–Crippen LogP) is 0.798. The van der Waals surface area contributed by atoms with Crippen molar-refractivity contribution in [2.24, 2.45) is 0 Å². The minimum Gasteiger partial charge on any atom is -0.469 e. The van der Waals surface area contributed by atoms with E-state index in [1.54, 1.807) is 0 Å². The molecule has 1 N–H and O–H groups in total. The Morgan fingerprint density at radius 2 is 2.58 bits per heavy atom. The van der Waals surface area contributed by atoms with Crippen LogP contribution in [0.4, 0.5) is 0 Å². The van der Waals surface area contributed by atoms with E-state index in [0.717, 1.165) is 6.42 Å². The lowest BCUT2D eigenvalue weighted by atomic mass is 10.1. The summed E-state index contributed by atoms with van der Waals surface area (Å²) < 4.78 is 4.49. The Kier molecular flexibility index (Phi) is 3.78. The van der Waals surface area contributed by atoms with Gasteiger partial charge >= 0.3 is 5.97 Å². The molecule has 2 atom stereocenters. The smallest absolute Gasteiger partial charge is 0.305 e. The van der Waals surface area contributed by atoms with Gasteiger partial charge in [0.25, 0.3) is 0 Å². The fourth-order valence-electron chi connectivity index (χ4n) is 1.05. The van der Waals surface area contributed by atoms with Crippen molar-refractivity contribution in [3.8, 4) is 0 Å². The summed E-state index contributed by atoms with van der Waals surface area (Å²) >= 11 is 5.70. The maximum absolute atomic E-state index is 10.7. The fourth-order valence-corrected chi connectivity index (χ4v) is 1.30. The highest BCUT2D eigenvalue weighted by atomic mass is 35.5. The van der Waals surface area contributed by atoms with E-state index in [1.165, 1.54) is 7.11 Å². The molecule has 1 heterocycles. The summed E-state index contributed by atoms with van der Waals surface area (Å²) in [5, 5.41) is 0. The van der Waals surface area contributed by atoms with Gasteiger partial charge in [0.05, 0.1) is 13.2 Å². The molecule has 1 aliphatic heterocycles. The Morgan fingerprint density at radius 3 is 3.08 bits per heavy atom. The van der Waals surface area contributed by atoms with E-state index in [0.29, 0.717) is 12.8 Å². The van der Waals surface area contributed by atoms with Crippen molar-refractivity contribution in [2.45, 2.75) is 30.9 Å². The van der Waals surface area contributed by atoms with Crippen molar-refractivity contribution >= 4 is 17.6 Å². The average Bonchev–Trinajstić information content (AvgIpc) is 2.47. The van der Waals surface area contributed by atoms with Crippen LogP contribution in [-0.4, -0.2) is 24.7 Å². The highest BCUT2D eigenvalue weighted by Crippen LogP contribution is 2.17. The number of alkyl halides is 1. The third-order valence-electron chi connectivity index (χ3n) is 1.73. The molecule has 12 heavy (non-hydrogen) atoms. The normalized spacial score (nSPS) is 28.8. The molecule has 0 aromatic rings. The number of halogens is 1. The molecule has 0 aromatic carbocycles. The number of ether oxygens (including phenoxy) is 1. The van der Waals surface area contributed by atoms with Crippen LogP contribution in [0.1, 0.15) is 19.3 Å². The van der Waals surface area contributed by atoms with E-state index in [-0.39, 0.29) is 17.6 Å². The Hall–Kier alpha value is -0.320. The first-order valence-electron chi connectivity index (χ1n) is 3.84. The number of rotatable bonds is 3. The lowest BCUT2D eigenvalue weighted by Crippen LogP contribution is -2.13. The van der Waals surface area contributed by atoms with Gasteiger partial charge in [-0.05, 0) is 6.42 Å². The van der Waals surface area contributed by atoms with Gasteiger partial charge in [0.15, 0.2) is 0 Å². The van der Waals surface area contributed by atoms with Gasteiger partial charge in [-0.25, -0.2) is 0 Å². The molecule has 0 bridgehead atoms. The highest BCUT2D eigenvalue weighted by Gasteiger charge is 2.23. The molecule has 0 saturated carbocycles. The summed E-state index contributed by atoms with van der Waals surface area (Å²) in [6.45, 7) is 0. The maximum atomic E-state index is 10.7. The topological polar surface area (TPSA) is 47.6 Å². The largest absolute Gasteiger partial charge is 0.469 e. The Labute approximate surface area is 76.1 Å². The summed E-state index contributed by atoms with van der Waals surface area (Å²) in [5.41, 5.74) is 2.49. The summed E-state index contributed by atoms with van der Waals surface area (Å²) in [6, 6.07) is 0. The number of hydrogen-bond donors (Lipinski definition) is 1. The SMILES string of the molecule is COC(=O)CCC1CC(Cl)NO1. The Bertz CT molecular complexity index is 165. The zero-order valence-corrected chi connectivity index (χ0v) is 7.63. The molecule has 0 spiro atoms. The predicted molar refractivity (Wildman–Crippen MR) is 43.5 cm³/mol. The van der Waals surface area contributed by atoms with Gasteiger partial charge in [-0.1, -0.05) is 0 Å². The standard InChI is InChI=1S/C7H12ClNO3/c1-11-7(10)3-2-5-4-6(8)9-12-5/h5-6,9H,2-4H2,1H3. The van der Waals surface area contributed by atoms with Crippen LogP contribution in [0.15, 0.2) is 0 Å². The van der Waals surface area contributed by atoms with Crippen LogP contribution in [0.5, 0.6) is 0 Å². The monoisotopic (exact) mass is 193 g/mol. The summed E-state index contributed by atoms with van der Waals surface area (Å²) in [5.74, 6) is -0.211. The van der Waals surface area contributed by atoms with Gasteiger partial charge in [-0.3, -0.25) is 9.63 Å². The quantitative estimate of drug-likeness (QED) is 0.409. The van der Waals surface area contributed by atoms with Crippen molar-refractivity contribution in [1.82, 2.24) is 5.48 Å². The van der Waals surface area contributed by atoms with E-state index in [2.05, 4.69) is 10.2 Å². The Morgan fingerprint density at radius 1 is 1.83 bits per heavy atom. The number of esters is 1. The number of nitrogens with one attached hydrogen (secondary N) is 1. The van der Waals surface area contributed by atoms with Crippen LogP contribution < -0.4 is 5.48 Å². The van der Waals surface area contributed by atoms with Crippen LogP contribution >= 0.6 is 11.6 Å². The zero-order chi connectivity index (χ0) is 8.97. The molecule has 5 heteroatoms. The second-order valence-corrected chi connectivity index (χ2v) is 3.20. The van der Waals surface area contributed by atoms with Gasteiger partial charge in [0.1, 0.15) is 5.50 Å². The number of hydrogen-bond acceptors (Lipinski definition) is 4. The van der Waals surface area contributed by atoms with Crippen LogP contribution in [-0.2, 0) is 14.4 Å².